The summed E-state index contributed by atoms with van der Waals surface area (Å²) in [6.45, 7) is 3.92. The molecule has 3 rings (SSSR count). The Hall–Kier alpha value is -0.590. The average Bonchev–Trinajstić information content (AvgIpc) is 3.16. The number of nitrogens with zero attached hydrogens (tertiary/aromatic N) is 3. The van der Waals surface area contributed by atoms with Gasteiger partial charge in [0, 0.05) is 23.1 Å². The topological polar surface area (TPSA) is 30.7 Å². The maximum absolute atomic E-state index is 4.50. The van der Waals surface area contributed by atoms with E-state index in [1.54, 1.807) is 23.1 Å². The molecule has 0 atom stereocenters. The zero-order valence-corrected chi connectivity index (χ0v) is 15.7. The summed E-state index contributed by atoms with van der Waals surface area (Å²) in [5, 5.41) is 12.1. The molecule has 1 saturated carbocycles. The standard InChI is InChI=1S/C16H20BrN3S2/c1-12(17)11-22-16-19-18-15(10-14-8-5-9-21-14)20(16)13-6-3-2-4-7-13/h5,8-9,13H,1-4,6-7,10-11H2. The lowest BCUT2D eigenvalue weighted by atomic mass is 9.95. The van der Waals surface area contributed by atoms with Gasteiger partial charge in [-0.1, -0.05) is 59.6 Å². The van der Waals surface area contributed by atoms with E-state index in [2.05, 4.69) is 54.8 Å². The number of hydrogen-bond donors (Lipinski definition) is 0. The van der Waals surface area contributed by atoms with Crippen LogP contribution in [0.2, 0.25) is 0 Å². The molecule has 1 aliphatic rings. The summed E-state index contributed by atoms with van der Waals surface area (Å²) in [5.41, 5.74) is 0. The first-order chi connectivity index (χ1) is 10.7. The minimum Gasteiger partial charge on any atom is -0.303 e. The molecule has 0 spiro atoms. The molecular formula is C16H20BrN3S2. The Balaban J connectivity index is 1.85. The summed E-state index contributed by atoms with van der Waals surface area (Å²) in [7, 11) is 0. The van der Waals surface area contributed by atoms with Crippen molar-refractivity contribution in [1.82, 2.24) is 14.8 Å². The van der Waals surface area contributed by atoms with Gasteiger partial charge in [0.1, 0.15) is 5.82 Å². The van der Waals surface area contributed by atoms with Gasteiger partial charge in [0.25, 0.3) is 0 Å². The molecule has 118 valence electrons. The molecule has 2 aromatic rings. The highest BCUT2D eigenvalue weighted by Crippen LogP contribution is 2.34. The highest BCUT2D eigenvalue weighted by molar-refractivity contribution is 9.11. The van der Waals surface area contributed by atoms with Crippen LogP contribution in [0, 0.1) is 0 Å². The van der Waals surface area contributed by atoms with Crippen LogP contribution in [0.5, 0.6) is 0 Å². The number of aromatic nitrogens is 3. The van der Waals surface area contributed by atoms with Gasteiger partial charge in [-0.2, -0.15) is 0 Å². The summed E-state index contributed by atoms with van der Waals surface area (Å²) in [6, 6.07) is 4.84. The summed E-state index contributed by atoms with van der Waals surface area (Å²) in [4.78, 5) is 1.35. The number of rotatable bonds is 6. The van der Waals surface area contributed by atoms with Crippen molar-refractivity contribution >= 4 is 39.0 Å². The number of hydrogen-bond acceptors (Lipinski definition) is 4. The Morgan fingerprint density at radius 1 is 1.36 bits per heavy atom. The summed E-state index contributed by atoms with van der Waals surface area (Å²) in [5.74, 6) is 1.95. The number of thiophene rings is 1. The second kappa shape index (κ2) is 7.79. The van der Waals surface area contributed by atoms with Crippen LogP contribution >= 0.6 is 39.0 Å². The first kappa shape index (κ1) is 16.3. The van der Waals surface area contributed by atoms with E-state index in [9.17, 15) is 0 Å². The highest BCUT2D eigenvalue weighted by atomic mass is 79.9. The van der Waals surface area contributed by atoms with Crippen LogP contribution in [0.15, 0.2) is 33.7 Å². The monoisotopic (exact) mass is 397 g/mol. The fourth-order valence-corrected chi connectivity index (χ4v) is 4.77. The van der Waals surface area contributed by atoms with Crippen molar-refractivity contribution in [3.05, 3.63) is 39.3 Å². The van der Waals surface area contributed by atoms with Crippen molar-refractivity contribution in [3.63, 3.8) is 0 Å². The maximum Gasteiger partial charge on any atom is 0.191 e. The highest BCUT2D eigenvalue weighted by Gasteiger charge is 2.23. The van der Waals surface area contributed by atoms with E-state index in [0.717, 1.165) is 27.6 Å². The maximum atomic E-state index is 4.50. The van der Waals surface area contributed by atoms with E-state index in [-0.39, 0.29) is 0 Å². The molecule has 0 saturated heterocycles. The molecule has 0 amide bonds. The molecule has 22 heavy (non-hydrogen) atoms. The third-order valence-corrected chi connectivity index (χ3v) is 6.50. The summed E-state index contributed by atoms with van der Waals surface area (Å²) >= 11 is 6.96. The molecule has 1 fully saturated rings. The molecule has 1 aliphatic carbocycles. The molecule has 2 heterocycles. The van der Waals surface area contributed by atoms with Crippen LogP contribution in [0.25, 0.3) is 0 Å². The Morgan fingerprint density at radius 3 is 2.86 bits per heavy atom. The van der Waals surface area contributed by atoms with E-state index >= 15 is 0 Å². The minimum absolute atomic E-state index is 0.560. The van der Waals surface area contributed by atoms with Gasteiger partial charge in [-0.05, 0) is 28.8 Å². The molecule has 0 unspecified atom stereocenters. The van der Waals surface area contributed by atoms with Crippen LogP contribution in [0.1, 0.15) is 48.8 Å². The van der Waals surface area contributed by atoms with Gasteiger partial charge in [0.05, 0.1) is 0 Å². The zero-order valence-electron chi connectivity index (χ0n) is 12.5. The third kappa shape index (κ3) is 4.03. The first-order valence-corrected chi connectivity index (χ1v) is 10.3. The summed E-state index contributed by atoms with van der Waals surface area (Å²) < 4.78 is 3.40. The predicted octanol–water partition coefficient (Wildman–Crippen LogP) is 5.44. The lowest BCUT2D eigenvalue weighted by Gasteiger charge is -2.25. The largest absolute Gasteiger partial charge is 0.303 e. The van der Waals surface area contributed by atoms with Crippen LogP contribution in [-0.4, -0.2) is 20.5 Å². The average molecular weight is 398 g/mol. The molecule has 2 aromatic heterocycles. The van der Waals surface area contributed by atoms with Gasteiger partial charge < -0.3 is 4.57 Å². The molecule has 0 bridgehead atoms. The summed E-state index contributed by atoms with van der Waals surface area (Å²) in [6.07, 6.45) is 7.38. The van der Waals surface area contributed by atoms with Crippen LogP contribution in [0.4, 0.5) is 0 Å². The normalized spacial score (nSPS) is 16.0. The van der Waals surface area contributed by atoms with Gasteiger partial charge in [-0.25, -0.2) is 0 Å². The molecule has 3 nitrogen and oxygen atoms in total. The van der Waals surface area contributed by atoms with Gasteiger partial charge >= 0.3 is 0 Å². The fourth-order valence-electron chi connectivity index (χ4n) is 2.94. The van der Waals surface area contributed by atoms with E-state index in [0.29, 0.717) is 6.04 Å². The van der Waals surface area contributed by atoms with Gasteiger partial charge in [0.2, 0.25) is 0 Å². The zero-order chi connectivity index (χ0) is 15.4. The van der Waals surface area contributed by atoms with Gasteiger partial charge in [-0.15, -0.1) is 21.5 Å². The smallest absolute Gasteiger partial charge is 0.191 e. The molecule has 0 aliphatic heterocycles. The number of halogens is 1. The molecule has 0 N–H and O–H groups in total. The predicted molar refractivity (Wildman–Crippen MR) is 98.1 cm³/mol. The third-order valence-electron chi connectivity index (χ3n) is 3.95. The van der Waals surface area contributed by atoms with Gasteiger partial charge in [0.15, 0.2) is 5.16 Å². The van der Waals surface area contributed by atoms with Crippen molar-refractivity contribution < 1.29 is 0 Å². The molecule has 0 aromatic carbocycles. The number of thioether (sulfide) groups is 1. The Labute approximate surface area is 148 Å². The Morgan fingerprint density at radius 2 is 2.18 bits per heavy atom. The van der Waals surface area contributed by atoms with Crippen molar-refractivity contribution in [1.29, 1.82) is 0 Å². The quantitative estimate of drug-likeness (QED) is 0.608. The van der Waals surface area contributed by atoms with Crippen LogP contribution < -0.4 is 0 Å². The lowest BCUT2D eigenvalue weighted by Crippen LogP contribution is -2.16. The van der Waals surface area contributed by atoms with Crippen LogP contribution in [0.3, 0.4) is 0 Å². The Kier molecular flexibility index (Phi) is 5.77. The second-order valence-corrected chi connectivity index (χ2v) is 8.72. The fraction of sp³-hybridized carbons (Fsp3) is 0.500. The SMILES string of the molecule is C=C(Br)CSc1nnc(Cc2cccs2)n1C1CCCCC1. The molecule has 0 radical (unpaired) electrons. The minimum atomic E-state index is 0.560. The van der Waals surface area contributed by atoms with E-state index in [1.807, 2.05) is 0 Å². The molecular weight excluding hydrogens is 378 g/mol. The Bertz CT molecular complexity index is 615. The lowest BCUT2D eigenvalue weighted by molar-refractivity contribution is 0.330. The van der Waals surface area contributed by atoms with Crippen molar-refractivity contribution in [2.24, 2.45) is 0 Å². The first-order valence-electron chi connectivity index (χ1n) is 7.66. The van der Waals surface area contributed by atoms with Crippen molar-refractivity contribution in [2.45, 2.75) is 49.7 Å². The van der Waals surface area contributed by atoms with E-state index < -0.39 is 0 Å². The van der Waals surface area contributed by atoms with E-state index in [4.69, 9.17) is 0 Å². The van der Waals surface area contributed by atoms with Crippen molar-refractivity contribution in [2.75, 3.05) is 5.75 Å². The van der Waals surface area contributed by atoms with Crippen molar-refractivity contribution in [3.8, 4) is 0 Å². The molecule has 6 heteroatoms. The van der Waals surface area contributed by atoms with Gasteiger partial charge in [-0.3, -0.25) is 0 Å². The van der Waals surface area contributed by atoms with Crippen LogP contribution in [-0.2, 0) is 6.42 Å². The second-order valence-electron chi connectivity index (χ2n) is 5.62. The van der Waals surface area contributed by atoms with E-state index in [1.165, 1.54) is 37.0 Å².